The molecule has 2 N–H and O–H groups in total. The van der Waals surface area contributed by atoms with Gasteiger partial charge in [0.25, 0.3) is 5.91 Å². The molecule has 2 atom stereocenters. The fourth-order valence-corrected chi connectivity index (χ4v) is 3.33. The van der Waals surface area contributed by atoms with Crippen molar-refractivity contribution in [3.05, 3.63) is 107 Å². The quantitative estimate of drug-likeness (QED) is 0.399. The highest BCUT2D eigenvalue weighted by atomic mass is 16.6. The number of aliphatic hydroxyl groups is 1. The number of esters is 1. The maximum Gasteiger partial charge on any atom is 0.340 e. The number of rotatable bonds is 9. The first-order chi connectivity index (χ1) is 15.5. The number of Topliss-reactive ketones (excluding diaryl/α,β-unsaturated/α-hetero) is 1. The van der Waals surface area contributed by atoms with Crippen molar-refractivity contribution >= 4 is 17.7 Å². The number of ketones is 1. The average molecular weight is 431 g/mol. The molecule has 6 heteroatoms. The predicted octanol–water partition coefficient (Wildman–Crippen LogP) is 3.57. The van der Waals surface area contributed by atoms with Gasteiger partial charge in [0.1, 0.15) is 0 Å². The van der Waals surface area contributed by atoms with Crippen LogP contribution in [0.15, 0.2) is 84.9 Å². The highest BCUT2D eigenvalue weighted by Gasteiger charge is 2.30. The van der Waals surface area contributed by atoms with Crippen LogP contribution < -0.4 is 5.32 Å². The summed E-state index contributed by atoms with van der Waals surface area (Å²) in [6.45, 7) is 1.71. The lowest BCUT2D eigenvalue weighted by molar-refractivity contribution is -0.164. The van der Waals surface area contributed by atoms with Crippen LogP contribution in [-0.2, 0) is 20.7 Å². The molecule has 0 aliphatic carbocycles. The fraction of sp³-hybridized carbons (Fsp3) is 0.192. The van der Waals surface area contributed by atoms with E-state index in [0.29, 0.717) is 18.5 Å². The van der Waals surface area contributed by atoms with Crippen LogP contribution in [0, 0.1) is 0 Å². The molecule has 3 aromatic carbocycles. The molecular weight excluding hydrogens is 406 g/mol. The van der Waals surface area contributed by atoms with Crippen molar-refractivity contribution in [3.63, 3.8) is 0 Å². The molecule has 32 heavy (non-hydrogen) atoms. The molecule has 6 nitrogen and oxygen atoms in total. The third-order valence-electron chi connectivity index (χ3n) is 4.99. The minimum absolute atomic E-state index is 0.140. The fourth-order valence-electron chi connectivity index (χ4n) is 3.33. The molecule has 3 aromatic rings. The summed E-state index contributed by atoms with van der Waals surface area (Å²) in [5, 5.41) is 13.4. The van der Waals surface area contributed by atoms with Crippen LogP contribution in [0.2, 0.25) is 0 Å². The van der Waals surface area contributed by atoms with E-state index in [1.165, 1.54) is 19.1 Å². The Morgan fingerprint density at radius 1 is 0.875 bits per heavy atom. The first kappa shape index (κ1) is 22.9. The van der Waals surface area contributed by atoms with E-state index in [-0.39, 0.29) is 16.9 Å². The maximum atomic E-state index is 12.9. The summed E-state index contributed by atoms with van der Waals surface area (Å²) >= 11 is 0. The number of carbonyl (C=O) groups excluding carboxylic acids is 3. The van der Waals surface area contributed by atoms with Gasteiger partial charge in [0, 0.05) is 23.2 Å². The largest absolute Gasteiger partial charge is 0.445 e. The summed E-state index contributed by atoms with van der Waals surface area (Å²) < 4.78 is 5.44. The summed E-state index contributed by atoms with van der Waals surface area (Å²) in [7, 11) is 0. The van der Waals surface area contributed by atoms with Gasteiger partial charge in [-0.1, -0.05) is 84.9 Å². The van der Waals surface area contributed by atoms with Gasteiger partial charge in [0.15, 0.2) is 11.9 Å². The van der Waals surface area contributed by atoms with Gasteiger partial charge in [-0.3, -0.25) is 9.59 Å². The van der Waals surface area contributed by atoms with Gasteiger partial charge in [-0.05, 0) is 18.9 Å². The molecule has 1 amide bonds. The second-order valence-corrected chi connectivity index (χ2v) is 7.30. The van der Waals surface area contributed by atoms with Crippen LogP contribution >= 0.6 is 0 Å². The molecule has 3 rings (SSSR count). The lowest BCUT2D eigenvalue weighted by Gasteiger charge is -2.20. The second-order valence-electron chi connectivity index (χ2n) is 7.30. The van der Waals surface area contributed by atoms with Gasteiger partial charge in [-0.2, -0.15) is 0 Å². The van der Waals surface area contributed by atoms with Gasteiger partial charge in [-0.25, -0.2) is 4.79 Å². The minimum Gasteiger partial charge on any atom is -0.445 e. The van der Waals surface area contributed by atoms with Crippen molar-refractivity contribution in [2.45, 2.75) is 25.6 Å². The summed E-state index contributed by atoms with van der Waals surface area (Å²) in [6, 6.07) is 24.5. The summed E-state index contributed by atoms with van der Waals surface area (Å²) in [5.41, 5.74) is 1.91. The molecule has 164 valence electrons. The zero-order chi connectivity index (χ0) is 22.9. The minimum atomic E-state index is -1.70. The average Bonchev–Trinajstić information content (AvgIpc) is 2.83. The number of ether oxygens (including phenoxy) is 1. The molecule has 0 fully saturated rings. The monoisotopic (exact) mass is 431 g/mol. The van der Waals surface area contributed by atoms with E-state index >= 15 is 0 Å². The zero-order valence-corrected chi connectivity index (χ0v) is 17.7. The van der Waals surface area contributed by atoms with Gasteiger partial charge < -0.3 is 15.2 Å². The normalized spacial score (nSPS) is 12.4. The topological polar surface area (TPSA) is 92.7 Å². The van der Waals surface area contributed by atoms with Crippen LogP contribution in [0.25, 0.3) is 0 Å². The van der Waals surface area contributed by atoms with Gasteiger partial charge >= 0.3 is 5.97 Å². The van der Waals surface area contributed by atoms with Crippen molar-refractivity contribution in [1.29, 1.82) is 0 Å². The Morgan fingerprint density at radius 3 is 2.12 bits per heavy atom. The molecule has 0 aliphatic rings. The van der Waals surface area contributed by atoms with Crippen molar-refractivity contribution in [2.75, 3.05) is 6.54 Å². The molecule has 0 radical (unpaired) electrons. The molecule has 0 bridgehead atoms. The smallest absolute Gasteiger partial charge is 0.340 e. The van der Waals surface area contributed by atoms with Crippen molar-refractivity contribution in [1.82, 2.24) is 5.32 Å². The number of benzene rings is 3. The number of amides is 1. The van der Waals surface area contributed by atoms with Gasteiger partial charge in [0.05, 0.1) is 0 Å². The van der Waals surface area contributed by atoms with E-state index in [1.807, 2.05) is 30.3 Å². The number of nitrogens with one attached hydrogen (secondary N) is 1. The molecule has 2 unspecified atom stereocenters. The molecule has 0 heterocycles. The summed E-state index contributed by atoms with van der Waals surface area (Å²) in [5.74, 6) is -1.79. The molecule has 0 saturated carbocycles. The second kappa shape index (κ2) is 11.0. The SMILES string of the molecule is CC(=O)c1ccccc1C(O)C(=O)OC(C(=O)NCCc1ccccc1)c1ccccc1. The molecule has 0 spiro atoms. The summed E-state index contributed by atoms with van der Waals surface area (Å²) in [4.78, 5) is 37.5. The first-order valence-corrected chi connectivity index (χ1v) is 10.3. The summed E-state index contributed by atoms with van der Waals surface area (Å²) in [6.07, 6.45) is -2.31. The van der Waals surface area contributed by atoms with Crippen LogP contribution in [0.4, 0.5) is 0 Å². The third kappa shape index (κ3) is 5.89. The number of hydrogen-bond acceptors (Lipinski definition) is 5. The lowest BCUT2D eigenvalue weighted by atomic mass is 9.99. The lowest BCUT2D eigenvalue weighted by Crippen LogP contribution is -2.34. The Hall–Kier alpha value is -3.77. The van der Waals surface area contributed by atoms with E-state index in [2.05, 4.69) is 5.32 Å². The number of carbonyl (C=O) groups is 3. The standard InChI is InChI=1S/C26H25NO5/c1-18(28)21-14-8-9-15-22(21)23(29)26(31)32-24(20-12-6-3-7-13-20)25(30)27-17-16-19-10-4-2-5-11-19/h2-15,23-24,29H,16-17H2,1H3,(H,27,30). The van der Waals surface area contributed by atoms with Crippen molar-refractivity contribution in [3.8, 4) is 0 Å². The zero-order valence-electron chi connectivity index (χ0n) is 17.7. The molecule has 0 saturated heterocycles. The number of aliphatic hydroxyl groups excluding tert-OH is 1. The van der Waals surface area contributed by atoms with E-state index in [4.69, 9.17) is 4.74 Å². The molecular formula is C26H25NO5. The van der Waals surface area contributed by atoms with E-state index < -0.39 is 24.1 Å². The Morgan fingerprint density at radius 2 is 1.47 bits per heavy atom. The Bertz CT molecular complexity index is 1070. The third-order valence-corrected chi connectivity index (χ3v) is 4.99. The predicted molar refractivity (Wildman–Crippen MR) is 120 cm³/mol. The highest BCUT2D eigenvalue weighted by Crippen LogP contribution is 2.24. The van der Waals surface area contributed by atoms with E-state index in [1.54, 1.807) is 42.5 Å². The Labute approximate surface area is 186 Å². The van der Waals surface area contributed by atoms with Crippen molar-refractivity contribution < 1.29 is 24.2 Å². The Kier molecular flexibility index (Phi) is 7.89. The first-order valence-electron chi connectivity index (χ1n) is 10.3. The Balaban J connectivity index is 1.74. The van der Waals surface area contributed by atoms with Crippen LogP contribution in [0.1, 0.15) is 46.2 Å². The van der Waals surface area contributed by atoms with E-state index in [0.717, 1.165) is 5.56 Å². The van der Waals surface area contributed by atoms with Crippen LogP contribution in [0.5, 0.6) is 0 Å². The number of hydrogen-bond donors (Lipinski definition) is 2. The van der Waals surface area contributed by atoms with Gasteiger partial charge in [0.2, 0.25) is 6.10 Å². The van der Waals surface area contributed by atoms with Crippen LogP contribution in [0.3, 0.4) is 0 Å². The molecule has 0 aromatic heterocycles. The highest BCUT2D eigenvalue weighted by molar-refractivity contribution is 5.97. The molecule has 0 aliphatic heterocycles. The maximum absolute atomic E-state index is 12.9. The van der Waals surface area contributed by atoms with E-state index in [9.17, 15) is 19.5 Å². The van der Waals surface area contributed by atoms with Crippen LogP contribution in [-0.4, -0.2) is 29.3 Å². The van der Waals surface area contributed by atoms with Gasteiger partial charge in [-0.15, -0.1) is 0 Å². The van der Waals surface area contributed by atoms with Crippen molar-refractivity contribution in [2.24, 2.45) is 0 Å².